The van der Waals surface area contributed by atoms with E-state index < -0.39 is 0 Å². The second kappa shape index (κ2) is 6.48. The van der Waals surface area contributed by atoms with Gasteiger partial charge in [-0.05, 0) is 30.7 Å². The van der Waals surface area contributed by atoms with Crippen molar-refractivity contribution < 1.29 is 4.74 Å². The highest BCUT2D eigenvalue weighted by atomic mass is 32.2. The molecule has 0 amide bonds. The number of rotatable bonds is 5. The predicted octanol–water partition coefficient (Wildman–Crippen LogP) is 3.17. The van der Waals surface area contributed by atoms with Crippen LogP contribution in [0.5, 0.6) is 5.75 Å². The maximum atomic E-state index is 11.5. The Bertz CT molecular complexity index is 590. The summed E-state index contributed by atoms with van der Waals surface area (Å²) in [5.74, 6) is 1.75. The number of aromatic nitrogens is 1. The number of benzene rings is 1. The lowest BCUT2D eigenvalue weighted by atomic mass is 10.2. The molecule has 0 saturated heterocycles. The van der Waals surface area contributed by atoms with Crippen LogP contribution in [0, 0.1) is 0 Å². The fraction of sp³-hybridized carbons (Fsp3) is 0.267. The predicted molar refractivity (Wildman–Crippen MR) is 78.9 cm³/mol. The SMILES string of the molecule is CCn1cc(SCc2ccc(OC)cc2)ccc1=O. The molecule has 0 N–H and O–H groups in total. The third kappa shape index (κ3) is 3.64. The molecule has 19 heavy (non-hydrogen) atoms. The summed E-state index contributed by atoms with van der Waals surface area (Å²) in [4.78, 5) is 12.6. The van der Waals surface area contributed by atoms with E-state index in [0.29, 0.717) is 6.54 Å². The summed E-state index contributed by atoms with van der Waals surface area (Å²) in [6.07, 6.45) is 1.91. The van der Waals surface area contributed by atoms with E-state index in [1.165, 1.54) is 5.56 Å². The fourth-order valence-electron chi connectivity index (χ4n) is 1.73. The molecule has 0 saturated carbocycles. The molecule has 2 rings (SSSR count). The van der Waals surface area contributed by atoms with Gasteiger partial charge in [0.1, 0.15) is 5.75 Å². The molecular formula is C15H17NO2S. The van der Waals surface area contributed by atoms with E-state index in [0.717, 1.165) is 16.4 Å². The van der Waals surface area contributed by atoms with E-state index in [4.69, 9.17) is 4.74 Å². The third-order valence-electron chi connectivity index (χ3n) is 2.86. The second-order valence-corrected chi connectivity index (χ2v) is 5.17. The van der Waals surface area contributed by atoms with Crippen LogP contribution >= 0.6 is 11.8 Å². The van der Waals surface area contributed by atoms with Crippen molar-refractivity contribution in [3.8, 4) is 5.75 Å². The van der Waals surface area contributed by atoms with Crippen LogP contribution in [0.25, 0.3) is 0 Å². The Morgan fingerprint density at radius 2 is 1.89 bits per heavy atom. The first-order valence-corrected chi connectivity index (χ1v) is 7.17. The highest BCUT2D eigenvalue weighted by molar-refractivity contribution is 7.98. The Balaban J connectivity index is 2.03. The van der Waals surface area contributed by atoms with Crippen LogP contribution < -0.4 is 10.3 Å². The summed E-state index contributed by atoms with van der Waals surface area (Å²) < 4.78 is 6.85. The molecule has 4 heteroatoms. The Morgan fingerprint density at radius 1 is 1.16 bits per heavy atom. The molecule has 0 fully saturated rings. The second-order valence-electron chi connectivity index (χ2n) is 4.13. The minimum absolute atomic E-state index is 0.0521. The Labute approximate surface area is 117 Å². The highest BCUT2D eigenvalue weighted by Crippen LogP contribution is 2.22. The molecule has 0 radical (unpaired) electrons. The average molecular weight is 275 g/mol. The van der Waals surface area contributed by atoms with Crippen molar-refractivity contribution in [1.82, 2.24) is 4.57 Å². The van der Waals surface area contributed by atoms with Gasteiger partial charge in [-0.25, -0.2) is 0 Å². The first-order valence-electron chi connectivity index (χ1n) is 6.19. The summed E-state index contributed by atoms with van der Waals surface area (Å²) >= 11 is 1.72. The van der Waals surface area contributed by atoms with E-state index in [2.05, 4.69) is 12.1 Å². The number of thioether (sulfide) groups is 1. The van der Waals surface area contributed by atoms with Crippen molar-refractivity contribution >= 4 is 11.8 Å². The zero-order chi connectivity index (χ0) is 13.7. The van der Waals surface area contributed by atoms with E-state index in [1.54, 1.807) is 29.5 Å². The van der Waals surface area contributed by atoms with Gasteiger partial charge in [-0.15, -0.1) is 11.8 Å². The summed E-state index contributed by atoms with van der Waals surface area (Å²) in [6, 6.07) is 11.5. The molecule has 0 aliphatic heterocycles. The minimum atomic E-state index is 0.0521. The van der Waals surface area contributed by atoms with Crippen LogP contribution in [0.15, 0.2) is 52.3 Å². The molecule has 100 valence electrons. The molecule has 1 aromatic carbocycles. The number of pyridine rings is 1. The number of hydrogen-bond acceptors (Lipinski definition) is 3. The monoisotopic (exact) mass is 275 g/mol. The molecule has 0 aliphatic rings. The van der Waals surface area contributed by atoms with Crippen LogP contribution in [0.1, 0.15) is 12.5 Å². The van der Waals surface area contributed by atoms with Gasteiger partial charge in [0.25, 0.3) is 5.56 Å². The zero-order valence-electron chi connectivity index (χ0n) is 11.1. The van der Waals surface area contributed by atoms with Gasteiger partial charge in [-0.3, -0.25) is 4.79 Å². The smallest absolute Gasteiger partial charge is 0.250 e. The molecule has 0 bridgehead atoms. The maximum Gasteiger partial charge on any atom is 0.250 e. The normalized spacial score (nSPS) is 10.4. The lowest BCUT2D eigenvalue weighted by Gasteiger charge is -2.06. The van der Waals surface area contributed by atoms with Gasteiger partial charge in [-0.1, -0.05) is 12.1 Å². The Morgan fingerprint density at radius 3 is 2.53 bits per heavy atom. The zero-order valence-corrected chi connectivity index (χ0v) is 11.9. The summed E-state index contributed by atoms with van der Waals surface area (Å²) in [5.41, 5.74) is 1.29. The van der Waals surface area contributed by atoms with Crippen molar-refractivity contribution in [1.29, 1.82) is 0 Å². The average Bonchev–Trinajstić information content (AvgIpc) is 2.47. The number of aryl methyl sites for hydroxylation is 1. The fourth-order valence-corrected chi connectivity index (χ4v) is 2.62. The van der Waals surface area contributed by atoms with E-state index in [1.807, 2.05) is 31.3 Å². The Kier molecular flexibility index (Phi) is 4.68. The third-order valence-corrected chi connectivity index (χ3v) is 3.91. The number of hydrogen-bond donors (Lipinski definition) is 0. The van der Waals surface area contributed by atoms with Crippen LogP contribution in [0.4, 0.5) is 0 Å². The van der Waals surface area contributed by atoms with Crippen LogP contribution in [0.3, 0.4) is 0 Å². The van der Waals surface area contributed by atoms with Crippen molar-refractivity contribution in [2.45, 2.75) is 24.1 Å². The van der Waals surface area contributed by atoms with Crippen LogP contribution in [0.2, 0.25) is 0 Å². The van der Waals surface area contributed by atoms with Crippen LogP contribution in [-0.2, 0) is 12.3 Å². The van der Waals surface area contributed by atoms with Gasteiger partial charge in [0.2, 0.25) is 0 Å². The molecule has 3 nitrogen and oxygen atoms in total. The molecular weight excluding hydrogens is 258 g/mol. The lowest BCUT2D eigenvalue weighted by Crippen LogP contribution is -2.16. The largest absolute Gasteiger partial charge is 0.497 e. The van der Waals surface area contributed by atoms with Crippen molar-refractivity contribution in [2.75, 3.05) is 7.11 Å². The topological polar surface area (TPSA) is 31.2 Å². The number of nitrogens with zero attached hydrogens (tertiary/aromatic N) is 1. The van der Waals surface area contributed by atoms with E-state index >= 15 is 0 Å². The van der Waals surface area contributed by atoms with Crippen LogP contribution in [-0.4, -0.2) is 11.7 Å². The summed E-state index contributed by atoms with van der Waals surface area (Å²) in [5, 5.41) is 0. The molecule has 2 aromatic rings. The maximum absolute atomic E-state index is 11.5. The van der Waals surface area contributed by atoms with E-state index in [-0.39, 0.29) is 5.56 Å². The standard InChI is InChI=1S/C15H17NO2S/c1-3-16-10-14(8-9-15(16)17)19-11-12-4-6-13(18-2)7-5-12/h4-10H,3,11H2,1-2H3. The van der Waals surface area contributed by atoms with Gasteiger partial charge < -0.3 is 9.30 Å². The van der Waals surface area contributed by atoms with Gasteiger partial charge in [0, 0.05) is 29.5 Å². The van der Waals surface area contributed by atoms with E-state index in [9.17, 15) is 4.79 Å². The molecule has 0 spiro atoms. The lowest BCUT2D eigenvalue weighted by molar-refractivity contribution is 0.414. The molecule has 1 aromatic heterocycles. The first kappa shape index (κ1) is 13.7. The molecule has 0 aliphatic carbocycles. The van der Waals surface area contributed by atoms with Gasteiger partial charge in [-0.2, -0.15) is 0 Å². The van der Waals surface area contributed by atoms with Crippen molar-refractivity contribution in [3.05, 3.63) is 58.5 Å². The Hall–Kier alpha value is -1.68. The first-order chi connectivity index (χ1) is 9.22. The van der Waals surface area contributed by atoms with Crippen molar-refractivity contribution in [2.24, 2.45) is 0 Å². The summed E-state index contributed by atoms with van der Waals surface area (Å²) in [6.45, 7) is 2.68. The molecule has 0 unspecified atom stereocenters. The van der Waals surface area contributed by atoms with Gasteiger partial charge in [0.05, 0.1) is 7.11 Å². The molecule has 1 heterocycles. The number of ether oxygens (including phenoxy) is 1. The molecule has 0 atom stereocenters. The number of methoxy groups -OCH3 is 1. The van der Waals surface area contributed by atoms with Gasteiger partial charge >= 0.3 is 0 Å². The van der Waals surface area contributed by atoms with Gasteiger partial charge in [0.15, 0.2) is 0 Å². The minimum Gasteiger partial charge on any atom is -0.497 e. The summed E-state index contributed by atoms with van der Waals surface area (Å²) in [7, 11) is 1.66. The quantitative estimate of drug-likeness (QED) is 0.785. The van der Waals surface area contributed by atoms with Crippen molar-refractivity contribution in [3.63, 3.8) is 0 Å². The highest BCUT2D eigenvalue weighted by Gasteiger charge is 2.00.